The standard InChI is InChI=1S/C28H33.C3H6.2ClH.Zr/c1-18-9-12-25(19(18)2)28(27(6,7)8)14-13-24-21(17-28)15-20-16-22(26(3,4)5)10-11-23(20)24;1-3-2;;;/h9-11,13-16H,12H2,1-8H3;1-2H3;2*1H;. The predicted molar refractivity (Wildman–Crippen MR) is 152 cm³/mol. The zero-order valence-corrected chi connectivity index (χ0v) is 26.7. The molecule has 0 saturated carbocycles. The van der Waals surface area contributed by atoms with E-state index in [9.17, 15) is 0 Å². The Morgan fingerprint density at radius 3 is 2.09 bits per heavy atom. The zero-order chi connectivity index (χ0) is 23.6. The molecule has 0 spiro atoms. The molecule has 1 atom stereocenters. The third-order valence-electron chi connectivity index (χ3n) is 7.65. The van der Waals surface area contributed by atoms with E-state index in [4.69, 9.17) is 0 Å². The van der Waals surface area contributed by atoms with E-state index in [0.29, 0.717) is 0 Å². The second-order valence-corrected chi connectivity index (χ2v) is 16.4. The van der Waals surface area contributed by atoms with Crippen LogP contribution in [0.4, 0.5) is 0 Å². The minimum absolute atomic E-state index is 0. The van der Waals surface area contributed by atoms with Crippen molar-refractivity contribution in [3.05, 3.63) is 78.0 Å². The van der Waals surface area contributed by atoms with Gasteiger partial charge in [0, 0.05) is 0 Å². The molecule has 0 amide bonds. The van der Waals surface area contributed by atoms with Gasteiger partial charge in [-0.3, -0.25) is 0 Å². The second-order valence-electron chi connectivity index (χ2n) is 12.1. The van der Waals surface area contributed by atoms with Crippen LogP contribution < -0.4 is 10.4 Å². The molecule has 1 unspecified atom stereocenters. The molecule has 3 aliphatic carbocycles. The Hall–Kier alpha value is -0.747. The van der Waals surface area contributed by atoms with Gasteiger partial charge in [0.2, 0.25) is 0 Å². The van der Waals surface area contributed by atoms with Gasteiger partial charge in [-0.1, -0.05) is 0 Å². The minimum atomic E-state index is -0.876. The molecular formula is C31H41Cl2Zr. The summed E-state index contributed by atoms with van der Waals surface area (Å²) >= 11 is -0.876. The Bertz CT molecular complexity index is 1280. The quantitative estimate of drug-likeness (QED) is 0.341. The summed E-state index contributed by atoms with van der Waals surface area (Å²) in [6.07, 6.45) is 11.2. The molecule has 3 aliphatic rings. The van der Waals surface area contributed by atoms with E-state index in [1.807, 2.05) is 0 Å². The first-order chi connectivity index (χ1) is 14.8. The van der Waals surface area contributed by atoms with Gasteiger partial charge in [0.05, 0.1) is 0 Å². The van der Waals surface area contributed by atoms with Crippen LogP contribution in [0.2, 0.25) is 0 Å². The fraction of sp³-hybridized carbons (Fsp3) is 0.452. The average molecular weight is 576 g/mol. The fourth-order valence-electron chi connectivity index (χ4n) is 5.66. The summed E-state index contributed by atoms with van der Waals surface area (Å²) in [5, 5.41) is 2.83. The van der Waals surface area contributed by atoms with Gasteiger partial charge >= 0.3 is 208 Å². The van der Waals surface area contributed by atoms with Crippen LogP contribution in [0.3, 0.4) is 0 Å². The van der Waals surface area contributed by atoms with Gasteiger partial charge in [0.25, 0.3) is 0 Å². The number of allylic oxidation sites excluding steroid dienone is 8. The van der Waals surface area contributed by atoms with Crippen LogP contribution in [0.25, 0.3) is 11.6 Å². The second kappa shape index (κ2) is 9.96. The van der Waals surface area contributed by atoms with Gasteiger partial charge in [0.1, 0.15) is 0 Å². The zero-order valence-electron chi connectivity index (χ0n) is 22.6. The Morgan fingerprint density at radius 1 is 0.941 bits per heavy atom. The molecule has 0 fully saturated rings. The van der Waals surface area contributed by atoms with E-state index in [2.05, 4.69) is 112 Å². The molecule has 1 aromatic rings. The number of rotatable bonds is 2. The Kier molecular flexibility index (Phi) is 8.63. The molecule has 3 heteroatoms. The summed E-state index contributed by atoms with van der Waals surface area (Å²) in [6, 6.07) is 7.16. The van der Waals surface area contributed by atoms with Crippen LogP contribution in [0.1, 0.15) is 81.2 Å². The molecule has 0 N–H and O–H groups in total. The number of halogens is 2. The Balaban J connectivity index is 0.00000204. The fourth-order valence-corrected chi connectivity index (χ4v) is 9.71. The van der Waals surface area contributed by atoms with Gasteiger partial charge < -0.3 is 0 Å². The van der Waals surface area contributed by atoms with Gasteiger partial charge in [-0.05, 0) is 0 Å². The van der Waals surface area contributed by atoms with E-state index in [1.165, 1.54) is 32.7 Å². The van der Waals surface area contributed by atoms with Crippen LogP contribution in [-0.2, 0) is 28.2 Å². The van der Waals surface area contributed by atoms with Gasteiger partial charge in [0.15, 0.2) is 0 Å². The first-order valence-corrected chi connectivity index (χ1v) is 14.5. The molecule has 1 aromatic carbocycles. The third-order valence-corrected chi connectivity index (χ3v) is 11.1. The van der Waals surface area contributed by atoms with Crippen molar-refractivity contribution >= 4 is 39.7 Å². The molecule has 0 aliphatic heterocycles. The largest absolute Gasteiger partial charge is 0.147 e. The molecule has 183 valence electrons. The van der Waals surface area contributed by atoms with Crippen molar-refractivity contribution in [3.8, 4) is 0 Å². The van der Waals surface area contributed by atoms with Gasteiger partial charge in [-0.25, -0.2) is 0 Å². The van der Waals surface area contributed by atoms with Gasteiger partial charge in [-0.15, -0.1) is 24.8 Å². The third kappa shape index (κ3) is 4.67. The van der Waals surface area contributed by atoms with Crippen LogP contribution in [0, 0.1) is 10.8 Å². The van der Waals surface area contributed by atoms with Crippen molar-refractivity contribution in [1.29, 1.82) is 0 Å². The first-order valence-electron chi connectivity index (χ1n) is 12.0. The summed E-state index contributed by atoms with van der Waals surface area (Å²) in [5.74, 6) is 0. The Labute approximate surface area is 230 Å². The van der Waals surface area contributed by atoms with Crippen LogP contribution in [0.15, 0.2) is 62.0 Å². The summed E-state index contributed by atoms with van der Waals surface area (Å²) in [5.41, 5.74) is 9.36. The van der Waals surface area contributed by atoms with Crippen molar-refractivity contribution in [2.45, 2.75) is 81.1 Å². The maximum absolute atomic E-state index is 2.61. The van der Waals surface area contributed by atoms with E-state index in [0.717, 1.165) is 6.42 Å². The van der Waals surface area contributed by atoms with Crippen LogP contribution in [0.5, 0.6) is 0 Å². The molecule has 0 nitrogen and oxygen atoms in total. The first kappa shape index (κ1) is 29.5. The van der Waals surface area contributed by atoms with Crippen LogP contribution in [-0.4, -0.2) is 3.21 Å². The molecule has 34 heavy (non-hydrogen) atoms. The van der Waals surface area contributed by atoms with E-state index in [1.54, 1.807) is 17.6 Å². The molecule has 4 rings (SSSR count). The van der Waals surface area contributed by atoms with Gasteiger partial charge in [-0.2, -0.15) is 0 Å². The number of hydrogen-bond acceptors (Lipinski definition) is 0. The average Bonchev–Trinajstić information content (AvgIpc) is 3.20. The molecule has 0 radical (unpaired) electrons. The smallest absolute Gasteiger partial charge is 0.147 e. The summed E-state index contributed by atoms with van der Waals surface area (Å²) < 4.78 is 3.41. The normalized spacial score (nSPS) is 21.2. The number of fused-ring (bicyclic) bond motifs is 2. The molecule has 0 heterocycles. The van der Waals surface area contributed by atoms with Crippen molar-refractivity contribution in [3.63, 3.8) is 0 Å². The van der Waals surface area contributed by atoms with Crippen molar-refractivity contribution in [2.75, 3.05) is 0 Å². The minimum Gasteiger partial charge on any atom is -0.147 e. The van der Waals surface area contributed by atoms with Crippen LogP contribution >= 0.6 is 24.8 Å². The Morgan fingerprint density at radius 2 is 1.59 bits per heavy atom. The monoisotopic (exact) mass is 573 g/mol. The number of benzene rings is 1. The SMILES string of the molecule is CC1=CCC(C2(C(C)(C)C)C=CC3=c4ccc(C(C)(C)C)cc4=CC3=[C]2[Zr]=[C](C)C)=C1C.Cl.Cl. The van der Waals surface area contributed by atoms with E-state index in [-0.39, 0.29) is 41.1 Å². The molecule has 0 saturated heterocycles. The molecule has 0 bridgehead atoms. The maximum Gasteiger partial charge on any atom is -0.147 e. The summed E-state index contributed by atoms with van der Waals surface area (Å²) in [6.45, 7) is 23.7. The summed E-state index contributed by atoms with van der Waals surface area (Å²) in [7, 11) is 0. The van der Waals surface area contributed by atoms with Crippen molar-refractivity contribution < 1.29 is 22.8 Å². The van der Waals surface area contributed by atoms with Crippen molar-refractivity contribution in [2.24, 2.45) is 10.8 Å². The van der Waals surface area contributed by atoms with Crippen molar-refractivity contribution in [1.82, 2.24) is 0 Å². The molecule has 0 aromatic heterocycles. The topological polar surface area (TPSA) is 0 Å². The molecular weight excluding hydrogens is 534 g/mol. The maximum atomic E-state index is 2.61. The summed E-state index contributed by atoms with van der Waals surface area (Å²) in [4.78, 5) is 0. The van der Waals surface area contributed by atoms with E-state index < -0.39 is 22.8 Å². The number of hydrogen-bond donors (Lipinski definition) is 0. The van der Waals surface area contributed by atoms with E-state index >= 15 is 0 Å². The predicted octanol–water partition coefficient (Wildman–Crippen LogP) is 7.59.